The van der Waals surface area contributed by atoms with Gasteiger partial charge in [-0.25, -0.2) is 0 Å². The number of benzene rings is 13. The van der Waals surface area contributed by atoms with Crippen LogP contribution in [0.25, 0.3) is 104 Å². The van der Waals surface area contributed by atoms with Gasteiger partial charge >= 0.3 is 0 Å². The number of aromatic nitrogens is 1. The fourth-order valence-electron chi connectivity index (χ4n) is 13.3. The molecule has 0 N–H and O–H groups in total. The van der Waals surface area contributed by atoms with E-state index in [4.69, 9.17) is 0 Å². The third-order valence-corrected chi connectivity index (χ3v) is 16.6. The van der Waals surface area contributed by atoms with Crippen LogP contribution in [0.2, 0.25) is 0 Å². The molecular formula is C73H46N2. The van der Waals surface area contributed by atoms with E-state index in [-0.39, 0.29) is 0 Å². The molecule has 0 unspecified atom stereocenters. The topological polar surface area (TPSA) is 8.17 Å². The Hall–Kier alpha value is -9.76. The number of fused-ring (bicyclic) bond motifs is 18. The first kappa shape index (κ1) is 41.8. The third kappa shape index (κ3) is 6.08. The van der Waals surface area contributed by atoms with E-state index >= 15 is 0 Å². The minimum Gasteiger partial charge on any atom is -0.310 e. The average Bonchev–Trinajstić information content (AvgIpc) is 4.25. The van der Waals surface area contributed by atoms with E-state index in [9.17, 15) is 0 Å². The van der Waals surface area contributed by atoms with E-state index in [2.05, 4.69) is 289 Å². The number of nitrogens with zero attached hydrogens (tertiary/aromatic N) is 2. The largest absolute Gasteiger partial charge is 0.310 e. The highest BCUT2D eigenvalue weighted by Gasteiger charge is 2.51. The van der Waals surface area contributed by atoms with Crippen molar-refractivity contribution in [2.75, 3.05) is 4.90 Å². The second-order valence-corrected chi connectivity index (χ2v) is 20.4. The van der Waals surface area contributed by atoms with Crippen LogP contribution < -0.4 is 4.90 Å². The van der Waals surface area contributed by atoms with Crippen molar-refractivity contribution < 1.29 is 0 Å². The molecule has 0 fully saturated rings. The van der Waals surface area contributed by atoms with Gasteiger partial charge in [0, 0.05) is 38.9 Å². The Kier molecular flexibility index (Phi) is 8.99. The maximum atomic E-state index is 2.49. The van der Waals surface area contributed by atoms with Crippen LogP contribution in [0.1, 0.15) is 22.3 Å². The Morgan fingerprint density at radius 1 is 0.267 bits per heavy atom. The number of rotatable bonds is 6. The predicted octanol–water partition coefficient (Wildman–Crippen LogP) is 19.4. The highest BCUT2D eigenvalue weighted by molar-refractivity contribution is 6.19. The normalized spacial score (nSPS) is 12.9. The number of hydrogen-bond donors (Lipinski definition) is 0. The van der Waals surface area contributed by atoms with Crippen molar-refractivity contribution in [3.8, 4) is 50.2 Å². The van der Waals surface area contributed by atoms with Crippen molar-refractivity contribution in [3.05, 3.63) is 301 Å². The fourth-order valence-corrected chi connectivity index (χ4v) is 13.3. The molecule has 348 valence electrons. The first-order valence-electron chi connectivity index (χ1n) is 26.1. The molecule has 16 rings (SSSR count). The molecule has 14 aromatic rings. The van der Waals surface area contributed by atoms with Crippen molar-refractivity contribution in [2.45, 2.75) is 5.41 Å². The molecule has 0 atom stereocenters. The first-order valence-corrected chi connectivity index (χ1v) is 26.1. The molecule has 0 saturated carbocycles. The van der Waals surface area contributed by atoms with E-state index in [1.807, 2.05) is 0 Å². The van der Waals surface area contributed by atoms with Crippen LogP contribution in [0.5, 0.6) is 0 Å². The summed E-state index contributed by atoms with van der Waals surface area (Å²) in [6.07, 6.45) is 0. The van der Waals surface area contributed by atoms with E-state index in [0.717, 1.165) is 28.3 Å². The standard InChI is InChI=1S/C73H46N2/c1-2-16-54(17-3-1)75-71-45-53(35-41-64(71)65-42-34-50-15-5-7-19-59(50)72(65)75)48-32-38-56(39-33-48)74(55-36-30-47(31-37-55)52-29-28-51-27-26-49-14-4-6-18-58(49)66(51)44-52)57-40-43-63-62-22-10-13-25-69(62)73(70(63)46-57)67-23-11-8-20-60(67)61-21-9-12-24-68(61)73/h1-46H. The SMILES string of the molecule is c1ccc(-n2c3cc(-c4ccc(N(c5ccc(-c6ccc7ccc8ccccc8c7c6)cc5)c5ccc6c(c5)C5(c7ccccc7-c7ccccc75)c5ccccc5-6)cc4)ccc3c3ccc4ccccc4c32)cc1. The summed E-state index contributed by atoms with van der Waals surface area (Å²) in [7, 11) is 0. The van der Waals surface area contributed by atoms with E-state index in [1.165, 1.54) is 115 Å². The molecule has 1 heterocycles. The van der Waals surface area contributed by atoms with Crippen LogP contribution in [-0.4, -0.2) is 4.57 Å². The zero-order valence-electron chi connectivity index (χ0n) is 41.0. The lowest BCUT2D eigenvalue weighted by molar-refractivity contribution is 0.793. The minimum atomic E-state index is -0.456. The lowest BCUT2D eigenvalue weighted by Gasteiger charge is -2.32. The number of anilines is 3. The molecule has 2 heteroatoms. The molecule has 1 spiro atoms. The van der Waals surface area contributed by atoms with Gasteiger partial charge in [0.15, 0.2) is 0 Å². The van der Waals surface area contributed by atoms with Gasteiger partial charge in [-0.1, -0.05) is 218 Å². The molecule has 2 aliphatic rings. The Morgan fingerprint density at radius 2 is 0.720 bits per heavy atom. The van der Waals surface area contributed by atoms with Gasteiger partial charge in [-0.05, 0) is 154 Å². The zero-order chi connectivity index (χ0) is 49.2. The average molecular weight is 951 g/mol. The molecule has 2 nitrogen and oxygen atoms in total. The van der Waals surface area contributed by atoms with Crippen LogP contribution in [-0.2, 0) is 5.41 Å². The molecule has 0 aliphatic heterocycles. The fraction of sp³-hybridized carbons (Fsp3) is 0.0137. The summed E-state index contributed by atoms with van der Waals surface area (Å²) in [5, 5.41) is 10.1. The molecular weight excluding hydrogens is 905 g/mol. The Morgan fingerprint density at radius 3 is 1.37 bits per heavy atom. The predicted molar refractivity (Wildman–Crippen MR) is 315 cm³/mol. The number of para-hydroxylation sites is 1. The second kappa shape index (κ2) is 16.1. The highest BCUT2D eigenvalue weighted by atomic mass is 15.1. The summed E-state index contributed by atoms with van der Waals surface area (Å²) in [5.41, 5.74) is 21.7. The quantitative estimate of drug-likeness (QED) is 0.151. The number of hydrogen-bond acceptors (Lipinski definition) is 1. The minimum absolute atomic E-state index is 0.456. The van der Waals surface area contributed by atoms with Crippen molar-refractivity contribution in [1.82, 2.24) is 4.57 Å². The molecule has 1 aromatic heterocycles. The maximum absolute atomic E-state index is 2.49. The van der Waals surface area contributed by atoms with Crippen molar-refractivity contribution in [3.63, 3.8) is 0 Å². The zero-order valence-corrected chi connectivity index (χ0v) is 41.0. The monoisotopic (exact) mass is 950 g/mol. The first-order chi connectivity index (χ1) is 37.2. The van der Waals surface area contributed by atoms with E-state index in [0.29, 0.717) is 0 Å². The molecule has 0 amide bonds. The van der Waals surface area contributed by atoms with Crippen LogP contribution in [0.4, 0.5) is 17.1 Å². The van der Waals surface area contributed by atoms with Gasteiger partial charge < -0.3 is 9.47 Å². The highest BCUT2D eigenvalue weighted by Crippen LogP contribution is 2.63. The lowest BCUT2D eigenvalue weighted by Crippen LogP contribution is -2.26. The molecule has 13 aromatic carbocycles. The summed E-state index contributed by atoms with van der Waals surface area (Å²) >= 11 is 0. The van der Waals surface area contributed by atoms with Crippen LogP contribution in [0.15, 0.2) is 279 Å². The molecule has 2 aliphatic carbocycles. The van der Waals surface area contributed by atoms with Gasteiger partial charge in [-0.2, -0.15) is 0 Å². The molecule has 0 saturated heterocycles. The Bertz CT molecular complexity index is 4570. The summed E-state index contributed by atoms with van der Waals surface area (Å²) < 4.78 is 2.45. The van der Waals surface area contributed by atoms with Gasteiger partial charge in [0.25, 0.3) is 0 Å². The van der Waals surface area contributed by atoms with Crippen LogP contribution in [0.3, 0.4) is 0 Å². The maximum Gasteiger partial charge on any atom is 0.0726 e. The molecule has 75 heavy (non-hydrogen) atoms. The summed E-state index contributed by atoms with van der Waals surface area (Å²) in [6.45, 7) is 0. The van der Waals surface area contributed by atoms with E-state index < -0.39 is 5.41 Å². The van der Waals surface area contributed by atoms with Crippen molar-refractivity contribution >= 4 is 71.2 Å². The summed E-state index contributed by atoms with van der Waals surface area (Å²) in [4.78, 5) is 2.45. The van der Waals surface area contributed by atoms with Crippen molar-refractivity contribution in [1.29, 1.82) is 0 Å². The third-order valence-electron chi connectivity index (χ3n) is 16.6. The Labute approximate surface area is 435 Å². The van der Waals surface area contributed by atoms with Crippen LogP contribution in [0, 0.1) is 0 Å². The van der Waals surface area contributed by atoms with Gasteiger partial charge in [0.1, 0.15) is 0 Å². The van der Waals surface area contributed by atoms with Gasteiger partial charge in [0.2, 0.25) is 0 Å². The van der Waals surface area contributed by atoms with Crippen LogP contribution >= 0.6 is 0 Å². The van der Waals surface area contributed by atoms with Crippen molar-refractivity contribution in [2.24, 2.45) is 0 Å². The van der Waals surface area contributed by atoms with Gasteiger partial charge in [0.05, 0.1) is 16.4 Å². The summed E-state index contributed by atoms with van der Waals surface area (Å²) in [6, 6.07) is 104. The second-order valence-electron chi connectivity index (χ2n) is 20.4. The summed E-state index contributed by atoms with van der Waals surface area (Å²) in [5.74, 6) is 0. The Balaban J connectivity index is 0.861. The lowest BCUT2D eigenvalue weighted by atomic mass is 9.70. The van der Waals surface area contributed by atoms with Gasteiger partial charge in [-0.3, -0.25) is 0 Å². The molecule has 0 radical (unpaired) electrons. The van der Waals surface area contributed by atoms with Gasteiger partial charge in [-0.15, -0.1) is 0 Å². The molecule has 0 bridgehead atoms. The van der Waals surface area contributed by atoms with E-state index in [1.54, 1.807) is 0 Å². The smallest absolute Gasteiger partial charge is 0.0726 e.